The van der Waals surface area contributed by atoms with Crippen molar-refractivity contribution < 1.29 is 6.13 Å². The van der Waals surface area contributed by atoms with E-state index in [-0.39, 0.29) is 6.13 Å². The van der Waals surface area contributed by atoms with Gasteiger partial charge in [-0.25, -0.2) is 0 Å². The molecule has 0 saturated heterocycles. The van der Waals surface area contributed by atoms with Gasteiger partial charge in [-0.2, -0.15) is 0 Å². The van der Waals surface area contributed by atoms with E-state index >= 15 is 0 Å². The van der Waals surface area contributed by atoms with Gasteiger partial charge in [-0.1, -0.05) is 20.8 Å². The van der Waals surface area contributed by atoms with Crippen LogP contribution in [0, 0.1) is 0 Å². The average molecular weight is 122 g/mol. The molecule has 0 amide bonds. The summed E-state index contributed by atoms with van der Waals surface area (Å²) in [6.45, 7) is 10.1. The minimum atomic E-state index is 0. The first-order valence-corrected chi connectivity index (χ1v) is 3.07. The number of hydrogen-bond donors (Lipinski definition) is 0. The first-order chi connectivity index (χ1) is 3.35. The molecule has 53 valence electrons. The molecule has 0 aliphatic heterocycles. The highest BCUT2D eigenvalue weighted by Gasteiger charge is 1.89. The summed E-state index contributed by atoms with van der Waals surface area (Å²) >= 11 is 0. The third-order valence-electron chi connectivity index (χ3n) is 1.34. The Bertz CT molecular complexity index is 34.5. The summed E-state index contributed by atoms with van der Waals surface area (Å²) in [5.74, 6) is 0. The van der Waals surface area contributed by atoms with E-state index in [1.807, 2.05) is 0 Å². The van der Waals surface area contributed by atoms with Crippen LogP contribution in [0.1, 0.15) is 22.2 Å². The molecule has 0 atom stereocenters. The highest BCUT2D eigenvalue weighted by atomic mass is 19.0. The van der Waals surface area contributed by atoms with E-state index in [4.69, 9.17) is 0 Å². The normalized spacial score (nSPS) is 9.00. The highest BCUT2D eigenvalue weighted by Crippen LogP contribution is 1.81. The number of rotatable bonds is 3. The Morgan fingerprint density at radius 3 is 1.25 bits per heavy atom. The molecule has 0 N–H and O–H groups in total. The zero-order valence-electron chi connectivity index (χ0n) is 6.98. The third-order valence-corrected chi connectivity index (χ3v) is 1.34. The van der Waals surface area contributed by atoms with E-state index in [1.54, 1.807) is 0 Å². The largest absolute Gasteiger partial charge is 0.304 e. The van der Waals surface area contributed by atoms with Crippen molar-refractivity contribution in [2.45, 2.75) is 20.8 Å². The van der Waals surface area contributed by atoms with Gasteiger partial charge in [-0.3, -0.25) is 4.70 Å². The minimum Gasteiger partial charge on any atom is -0.304 e. The fourth-order valence-corrected chi connectivity index (χ4v) is 0.671. The molecule has 0 aromatic heterocycles. The molecule has 0 saturated carbocycles. The van der Waals surface area contributed by atoms with Gasteiger partial charge in [0.15, 0.2) is 0 Å². The highest BCUT2D eigenvalue weighted by molar-refractivity contribution is 4.43. The minimum absolute atomic E-state index is 0. The molecular formula is C6H17FN. The lowest BCUT2D eigenvalue weighted by Crippen LogP contribution is -2.21. The number of hydrogen-bond acceptors (Lipinski definition) is 1. The molecule has 0 spiro atoms. The summed E-state index contributed by atoms with van der Waals surface area (Å²) in [6.07, 6.45) is 0. The van der Waals surface area contributed by atoms with E-state index < -0.39 is 0 Å². The van der Waals surface area contributed by atoms with E-state index in [0.717, 1.165) is 0 Å². The lowest BCUT2D eigenvalue weighted by molar-refractivity contribution is 0.321. The van der Waals surface area contributed by atoms with Crippen molar-refractivity contribution in [2.75, 3.05) is 19.6 Å². The Morgan fingerprint density at radius 2 is 1.25 bits per heavy atom. The second kappa shape index (κ2) is 6.89. The van der Waals surface area contributed by atoms with Crippen molar-refractivity contribution in [3.63, 3.8) is 0 Å². The van der Waals surface area contributed by atoms with Crippen molar-refractivity contribution in [1.82, 2.24) is 4.90 Å². The first kappa shape index (κ1) is 10.8. The van der Waals surface area contributed by atoms with Crippen molar-refractivity contribution in [3.8, 4) is 0 Å². The first-order valence-electron chi connectivity index (χ1n) is 3.07. The molecule has 0 heterocycles. The Hall–Kier alpha value is -0.110. The van der Waals surface area contributed by atoms with Crippen molar-refractivity contribution in [2.24, 2.45) is 0 Å². The van der Waals surface area contributed by atoms with Crippen molar-refractivity contribution in [3.05, 3.63) is 0 Å². The zero-order valence-corrected chi connectivity index (χ0v) is 5.98. The second-order valence-electron chi connectivity index (χ2n) is 1.62. The predicted molar refractivity (Wildman–Crippen MR) is 37.1 cm³/mol. The summed E-state index contributed by atoms with van der Waals surface area (Å²) in [5.41, 5.74) is 0. The molecule has 0 aromatic rings. The standard InChI is InChI=1S/C6H15N.FH.H/c1-4-7(5-2)6-3;;/h4-6H2,1-3H3;1H;. The monoisotopic (exact) mass is 122 g/mol. The summed E-state index contributed by atoms with van der Waals surface area (Å²) < 4.78 is 0. The number of nitrogens with zero attached hydrogens (tertiary/aromatic N) is 1. The third kappa shape index (κ3) is 4.06. The van der Waals surface area contributed by atoms with Crippen LogP contribution < -0.4 is 0 Å². The van der Waals surface area contributed by atoms with E-state index in [2.05, 4.69) is 25.7 Å². The molecule has 0 fully saturated rings. The molecule has 1 radical (unpaired) electrons. The van der Waals surface area contributed by atoms with Crippen LogP contribution in [0.5, 0.6) is 0 Å². The molecule has 0 bridgehead atoms. The molecule has 0 aromatic carbocycles. The lowest BCUT2D eigenvalue weighted by atomic mass is 10.5. The van der Waals surface area contributed by atoms with Crippen LogP contribution in [0.3, 0.4) is 0 Å². The number of halogens is 1. The van der Waals surface area contributed by atoms with E-state index in [9.17, 15) is 0 Å². The van der Waals surface area contributed by atoms with E-state index in [1.165, 1.54) is 19.6 Å². The molecule has 0 unspecified atom stereocenters. The Labute approximate surface area is 52.5 Å². The maximum Gasteiger partial charge on any atom is 0 e. The van der Waals surface area contributed by atoms with Crippen LogP contribution in [0.2, 0.25) is 0 Å². The van der Waals surface area contributed by atoms with Crippen LogP contribution in [-0.2, 0) is 0 Å². The van der Waals surface area contributed by atoms with Crippen LogP contribution in [-0.4, -0.2) is 24.5 Å². The van der Waals surface area contributed by atoms with Crippen LogP contribution >= 0.6 is 0 Å². The van der Waals surface area contributed by atoms with Gasteiger partial charge in [-0.15, -0.1) is 0 Å². The van der Waals surface area contributed by atoms with Crippen LogP contribution in [0.4, 0.5) is 4.70 Å². The van der Waals surface area contributed by atoms with Crippen molar-refractivity contribution >= 4 is 0 Å². The summed E-state index contributed by atoms with van der Waals surface area (Å²) in [5, 5.41) is 0. The molecular weight excluding hydrogens is 105 g/mol. The van der Waals surface area contributed by atoms with Crippen molar-refractivity contribution in [1.29, 1.82) is 0 Å². The van der Waals surface area contributed by atoms with Gasteiger partial charge in [0.25, 0.3) is 0 Å². The molecule has 8 heavy (non-hydrogen) atoms. The lowest BCUT2D eigenvalue weighted by Gasteiger charge is -2.13. The second-order valence-corrected chi connectivity index (χ2v) is 1.62. The van der Waals surface area contributed by atoms with Gasteiger partial charge < -0.3 is 4.90 Å². The van der Waals surface area contributed by atoms with E-state index in [0.29, 0.717) is 0 Å². The van der Waals surface area contributed by atoms with Gasteiger partial charge in [0.2, 0.25) is 0 Å². The fraction of sp³-hybridized carbons (Fsp3) is 1.00. The predicted octanol–water partition coefficient (Wildman–Crippen LogP) is 1.61. The van der Waals surface area contributed by atoms with Gasteiger partial charge >= 0.3 is 0 Å². The maximum absolute atomic E-state index is 2.38. The molecule has 0 aliphatic rings. The molecule has 0 aliphatic carbocycles. The Kier molecular flexibility index (Phi) is 9.30. The van der Waals surface area contributed by atoms with Gasteiger partial charge in [0, 0.05) is 1.43 Å². The molecule has 2 heteroatoms. The Balaban J connectivity index is -0.000000180. The smallest absolute Gasteiger partial charge is 0 e. The van der Waals surface area contributed by atoms with Crippen LogP contribution in [0.15, 0.2) is 0 Å². The molecule has 0 rings (SSSR count). The summed E-state index contributed by atoms with van der Waals surface area (Å²) in [7, 11) is 0. The quantitative estimate of drug-likeness (QED) is 0.549. The SMILES string of the molecule is CCN(CC)CC.F.[H]. The van der Waals surface area contributed by atoms with Gasteiger partial charge in [-0.05, 0) is 19.6 Å². The summed E-state index contributed by atoms with van der Waals surface area (Å²) in [6, 6.07) is 0. The molecule has 1 nitrogen and oxygen atoms in total. The van der Waals surface area contributed by atoms with Gasteiger partial charge in [0.1, 0.15) is 0 Å². The topological polar surface area (TPSA) is 3.24 Å². The average Bonchev–Trinajstić information content (AvgIpc) is 1.72. The zero-order chi connectivity index (χ0) is 5.70. The summed E-state index contributed by atoms with van der Waals surface area (Å²) in [4.78, 5) is 2.38. The maximum atomic E-state index is 2.38. The van der Waals surface area contributed by atoms with Crippen LogP contribution in [0.25, 0.3) is 0 Å². The van der Waals surface area contributed by atoms with Gasteiger partial charge in [0.05, 0.1) is 0 Å². The Morgan fingerprint density at radius 1 is 1.00 bits per heavy atom. The fourth-order valence-electron chi connectivity index (χ4n) is 0.671.